The first-order chi connectivity index (χ1) is 10.9. The molecule has 0 radical (unpaired) electrons. The van der Waals surface area contributed by atoms with Crippen LogP contribution >= 0.6 is 0 Å². The van der Waals surface area contributed by atoms with Gasteiger partial charge in [-0.2, -0.15) is 0 Å². The molecular weight excluding hydrogens is 304 g/mol. The lowest BCUT2D eigenvalue weighted by Gasteiger charge is -2.31. The molecule has 4 atom stereocenters. The molecule has 0 aromatic carbocycles. The third kappa shape index (κ3) is 4.50. The first-order valence-electron chi connectivity index (χ1n) is 7.65. The van der Waals surface area contributed by atoms with Crippen LogP contribution in [-0.2, 0) is 14.4 Å². The highest BCUT2D eigenvalue weighted by atomic mass is 16.3. The van der Waals surface area contributed by atoms with E-state index in [1.165, 1.54) is 6.08 Å². The van der Waals surface area contributed by atoms with Gasteiger partial charge in [0.1, 0.15) is 6.10 Å². The Hall–Kier alpha value is -1.97. The number of aliphatic hydroxyl groups excluding tert-OH is 2. The van der Waals surface area contributed by atoms with Crippen LogP contribution in [0.3, 0.4) is 0 Å². The molecule has 0 aromatic heterocycles. The predicted molar refractivity (Wildman–Crippen MR) is 78.7 cm³/mol. The van der Waals surface area contributed by atoms with Crippen LogP contribution < -0.4 is 21.7 Å². The van der Waals surface area contributed by atoms with Gasteiger partial charge in [-0.05, 0) is 0 Å². The van der Waals surface area contributed by atoms with Gasteiger partial charge in [0.25, 0.3) is 5.91 Å². The summed E-state index contributed by atoms with van der Waals surface area (Å²) in [6.45, 7) is 0.563. The van der Waals surface area contributed by atoms with Gasteiger partial charge < -0.3 is 31.9 Å². The predicted octanol–water partition coefficient (Wildman–Crippen LogP) is -4.15. The van der Waals surface area contributed by atoms with Crippen LogP contribution in [0.4, 0.5) is 0 Å². The van der Waals surface area contributed by atoms with Gasteiger partial charge in [0.2, 0.25) is 11.8 Å². The van der Waals surface area contributed by atoms with Crippen molar-refractivity contribution in [1.29, 1.82) is 0 Å². The molecule has 8 N–H and O–H groups in total. The fraction of sp³-hybridized carbons (Fsp3) is 0.643. The van der Waals surface area contributed by atoms with Crippen molar-refractivity contribution in [3.63, 3.8) is 0 Å². The molecule has 2 aliphatic rings. The maximum atomic E-state index is 12.1. The standard InChI is InChI=1S/C14H22N4O5/c15-11(20)6-17-13(22)7-4-9(12(21)10(19)5-7)18-14(23)8-2-1-3-16-8/h4,8-10,12,16,19,21H,1-3,5-6H2,(H2,15,20)(H,17,22)(H,18,23)/p+1/t8-,9-,10-,12-/m1/s1. The second-order valence-corrected chi connectivity index (χ2v) is 5.91. The van der Waals surface area contributed by atoms with E-state index >= 15 is 0 Å². The summed E-state index contributed by atoms with van der Waals surface area (Å²) in [6, 6.07) is -1.06. The molecule has 9 heteroatoms. The highest BCUT2D eigenvalue weighted by Gasteiger charge is 2.36. The highest BCUT2D eigenvalue weighted by Crippen LogP contribution is 2.20. The van der Waals surface area contributed by atoms with Gasteiger partial charge in [0.05, 0.1) is 25.2 Å². The Balaban J connectivity index is 2.03. The molecular formula is C14H23N4O5+. The van der Waals surface area contributed by atoms with Gasteiger partial charge in [0.15, 0.2) is 6.04 Å². The molecule has 0 spiro atoms. The zero-order valence-electron chi connectivity index (χ0n) is 12.7. The van der Waals surface area contributed by atoms with Crippen molar-refractivity contribution in [3.8, 4) is 0 Å². The van der Waals surface area contributed by atoms with Gasteiger partial charge in [0, 0.05) is 24.8 Å². The quantitative estimate of drug-likeness (QED) is 0.302. The van der Waals surface area contributed by atoms with Crippen LogP contribution in [-0.4, -0.2) is 65.3 Å². The van der Waals surface area contributed by atoms with Gasteiger partial charge >= 0.3 is 0 Å². The van der Waals surface area contributed by atoms with Gasteiger partial charge in [-0.15, -0.1) is 0 Å². The molecule has 9 nitrogen and oxygen atoms in total. The smallest absolute Gasteiger partial charge is 0.278 e. The Morgan fingerprint density at radius 3 is 2.70 bits per heavy atom. The first kappa shape index (κ1) is 17.4. The lowest BCUT2D eigenvalue weighted by atomic mass is 9.89. The number of nitrogens with two attached hydrogens (primary N) is 2. The Kier molecular flexibility index (Phi) is 5.69. The molecule has 0 bridgehead atoms. The largest absolute Gasteiger partial charge is 0.390 e. The van der Waals surface area contributed by atoms with E-state index in [0.29, 0.717) is 0 Å². The Morgan fingerprint density at radius 1 is 1.35 bits per heavy atom. The summed E-state index contributed by atoms with van der Waals surface area (Å²) in [5.74, 6) is -1.47. The number of hydrogen-bond acceptors (Lipinski definition) is 5. The van der Waals surface area contributed by atoms with Crippen LogP contribution in [0, 0.1) is 0 Å². The Labute approximate surface area is 133 Å². The maximum absolute atomic E-state index is 12.1. The van der Waals surface area contributed by atoms with Crippen LogP contribution in [0.25, 0.3) is 0 Å². The molecule has 23 heavy (non-hydrogen) atoms. The topological polar surface area (TPSA) is 158 Å². The summed E-state index contributed by atoms with van der Waals surface area (Å²) in [7, 11) is 0. The van der Waals surface area contributed by atoms with E-state index < -0.39 is 30.1 Å². The van der Waals surface area contributed by atoms with E-state index in [2.05, 4.69) is 10.6 Å². The SMILES string of the molecule is NC(=O)CNC(=O)C1=C[C@@H](NC(=O)[C@H]2CCC[NH2+]2)[C@@H](O)[C@H](O)C1. The van der Waals surface area contributed by atoms with Crippen molar-refractivity contribution in [1.82, 2.24) is 10.6 Å². The average Bonchev–Trinajstić information content (AvgIpc) is 3.03. The number of carbonyl (C=O) groups is 3. The normalized spacial score (nSPS) is 30.4. The summed E-state index contributed by atoms with van der Waals surface area (Å²) >= 11 is 0. The summed E-state index contributed by atoms with van der Waals surface area (Å²) < 4.78 is 0. The van der Waals surface area contributed by atoms with E-state index in [-0.39, 0.29) is 30.5 Å². The summed E-state index contributed by atoms with van der Waals surface area (Å²) in [5, 5.41) is 26.8. The van der Waals surface area contributed by atoms with Crippen LogP contribution in [0.2, 0.25) is 0 Å². The number of aliphatic hydroxyl groups is 2. The number of carbonyl (C=O) groups excluding carboxylic acids is 3. The van der Waals surface area contributed by atoms with E-state index in [9.17, 15) is 24.6 Å². The van der Waals surface area contributed by atoms with E-state index in [1.807, 2.05) is 5.32 Å². The second kappa shape index (κ2) is 7.53. The molecule has 1 saturated heterocycles. The van der Waals surface area contributed by atoms with Crippen LogP contribution in [0.1, 0.15) is 19.3 Å². The van der Waals surface area contributed by atoms with Gasteiger partial charge in [-0.25, -0.2) is 0 Å². The van der Waals surface area contributed by atoms with Gasteiger partial charge in [-0.3, -0.25) is 14.4 Å². The van der Waals surface area contributed by atoms with E-state index in [1.54, 1.807) is 0 Å². The Bertz CT molecular complexity index is 515. The molecule has 0 unspecified atom stereocenters. The van der Waals surface area contributed by atoms with Crippen molar-refractivity contribution >= 4 is 17.7 Å². The molecule has 1 aliphatic heterocycles. The van der Waals surface area contributed by atoms with E-state index in [0.717, 1.165) is 19.4 Å². The molecule has 1 aliphatic carbocycles. The molecule has 0 aromatic rings. The molecule has 128 valence electrons. The molecule has 1 heterocycles. The number of hydrogen-bond donors (Lipinski definition) is 6. The maximum Gasteiger partial charge on any atom is 0.278 e. The Morgan fingerprint density at radius 2 is 2.09 bits per heavy atom. The number of quaternary nitrogens is 1. The number of rotatable bonds is 5. The minimum absolute atomic E-state index is 0.0618. The lowest BCUT2D eigenvalue weighted by Crippen LogP contribution is -2.89. The first-order valence-corrected chi connectivity index (χ1v) is 7.65. The third-order valence-electron chi connectivity index (χ3n) is 4.10. The highest BCUT2D eigenvalue weighted by molar-refractivity contribution is 5.96. The average molecular weight is 327 g/mol. The fourth-order valence-electron chi connectivity index (χ4n) is 2.83. The van der Waals surface area contributed by atoms with Crippen LogP contribution in [0.15, 0.2) is 11.6 Å². The summed E-state index contributed by atoms with van der Waals surface area (Å²) in [4.78, 5) is 34.8. The van der Waals surface area contributed by atoms with Crippen molar-refractivity contribution in [2.24, 2.45) is 5.73 Å². The number of primary amides is 1. The van der Waals surface area contributed by atoms with Crippen molar-refractivity contribution in [2.45, 2.75) is 43.6 Å². The second-order valence-electron chi connectivity index (χ2n) is 5.91. The minimum atomic E-state index is -1.19. The molecule has 1 fully saturated rings. The number of nitrogens with one attached hydrogen (secondary N) is 2. The zero-order chi connectivity index (χ0) is 17.0. The molecule has 2 rings (SSSR count). The van der Waals surface area contributed by atoms with Gasteiger partial charge in [-0.1, -0.05) is 6.08 Å². The van der Waals surface area contributed by atoms with E-state index in [4.69, 9.17) is 5.73 Å². The zero-order valence-corrected chi connectivity index (χ0v) is 12.7. The van der Waals surface area contributed by atoms with Crippen LogP contribution in [0.5, 0.6) is 0 Å². The minimum Gasteiger partial charge on any atom is -0.390 e. The molecule has 0 saturated carbocycles. The third-order valence-corrected chi connectivity index (χ3v) is 4.10. The summed E-state index contributed by atoms with van der Waals surface area (Å²) in [5.41, 5.74) is 5.16. The lowest BCUT2D eigenvalue weighted by molar-refractivity contribution is -0.657. The van der Waals surface area contributed by atoms with Crippen molar-refractivity contribution in [2.75, 3.05) is 13.1 Å². The van der Waals surface area contributed by atoms with Crippen molar-refractivity contribution in [3.05, 3.63) is 11.6 Å². The fourth-order valence-corrected chi connectivity index (χ4v) is 2.83. The molecule has 3 amide bonds. The van der Waals surface area contributed by atoms with Crippen molar-refractivity contribution < 1.29 is 29.9 Å². The summed E-state index contributed by atoms with van der Waals surface area (Å²) in [6.07, 6.45) is 0.700. The number of amides is 3. The monoisotopic (exact) mass is 327 g/mol.